The summed E-state index contributed by atoms with van der Waals surface area (Å²) in [4.78, 5) is 2.73. The molecule has 1 aromatic heterocycles. The molecule has 0 bridgehead atoms. The Morgan fingerprint density at radius 2 is 2.00 bits per heavy atom. The first-order valence-electron chi connectivity index (χ1n) is 5.69. The van der Waals surface area contributed by atoms with E-state index in [0.717, 1.165) is 18.2 Å². The van der Waals surface area contributed by atoms with Crippen molar-refractivity contribution >= 4 is 10.0 Å². The Labute approximate surface area is 114 Å². The Morgan fingerprint density at radius 1 is 1.35 bits per heavy atom. The smallest absolute Gasteiger partial charge is 0.246 e. The van der Waals surface area contributed by atoms with Crippen LogP contribution in [0.25, 0.3) is 0 Å². The van der Waals surface area contributed by atoms with E-state index in [1.807, 2.05) is 0 Å². The van der Waals surface area contributed by atoms with E-state index in [-0.39, 0.29) is 6.54 Å². The fourth-order valence-corrected chi connectivity index (χ4v) is 3.08. The van der Waals surface area contributed by atoms with Crippen molar-refractivity contribution in [1.29, 1.82) is 0 Å². The van der Waals surface area contributed by atoms with Crippen molar-refractivity contribution in [1.82, 2.24) is 19.5 Å². The highest BCUT2D eigenvalue weighted by atomic mass is 32.2. The molecule has 1 unspecified atom stereocenters. The Morgan fingerprint density at radius 3 is 2.55 bits per heavy atom. The fourth-order valence-electron chi connectivity index (χ4n) is 1.71. The van der Waals surface area contributed by atoms with Gasteiger partial charge in [-0.1, -0.05) is 6.07 Å². The summed E-state index contributed by atoms with van der Waals surface area (Å²) >= 11 is 0. The minimum absolute atomic E-state index is 0.190. The predicted molar refractivity (Wildman–Crippen MR) is 66.2 cm³/mol. The monoisotopic (exact) mass is 302 g/mol. The maximum absolute atomic E-state index is 13.5. The van der Waals surface area contributed by atoms with E-state index in [1.165, 1.54) is 17.3 Å². The number of halogens is 2. The summed E-state index contributed by atoms with van der Waals surface area (Å²) in [6.07, 6.45) is 2.71. The van der Waals surface area contributed by atoms with Gasteiger partial charge in [0.1, 0.15) is 24.3 Å². The van der Waals surface area contributed by atoms with E-state index in [1.54, 1.807) is 6.92 Å². The van der Waals surface area contributed by atoms with Gasteiger partial charge in [0.15, 0.2) is 4.90 Å². The summed E-state index contributed by atoms with van der Waals surface area (Å²) < 4.78 is 54.5. The molecule has 0 saturated heterocycles. The molecule has 1 heterocycles. The van der Waals surface area contributed by atoms with Gasteiger partial charge in [0.05, 0.1) is 6.54 Å². The summed E-state index contributed by atoms with van der Waals surface area (Å²) in [7, 11) is -4.29. The van der Waals surface area contributed by atoms with Crippen LogP contribution in [-0.2, 0) is 16.6 Å². The van der Waals surface area contributed by atoms with Crippen LogP contribution >= 0.6 is 0 Å². The van der Waals surface area contributed by atoms with Crippen molar-refractivity contribution in [2.45, 2.75) is 24.4 Å². The first kappa shape index (κ1) is 14.5. The van der Waals surface area contributed by atoms with Crippen molar-refractivity contribution in [3.8, 4) is 0 Å². The molecule has 0 saturated carbocycles. The van der Waals surface area contributed by atoms with E-state index < -0.39 is 32.6 Å². The molecule has 9 heteroatoms. The lowest BCUT2D eigenvalue weighted by Crippen LogP contribution is -2.36. The third kappa shape index (κ3) is 3.17. The van der Waals surface area contributed by atoms with Gasteiger partial charge < -0.3 is 0 Å². The number of benzene rings is 1. The summed E-state index contributed by atoms with van der Waals surface area (Å²) in [5.41, 5.74) is 0. The van der Waals surface area contributed by atoms with Crippen LogP contribution in [0.3, 0.4) is 0 Å². The van der Waals surface area contributed by atoms with Crippen LogP contribution in [-0.4, -0.2) is 29.2 Å². The average Bonchev–Trinajstić information content (AvgIpc) is 2.79. The topological polar surface area (TPSA) is 76.9 Å². The number of nitrogens with zero attached hydrogens (tertiary/aromatic N) is 3. The Kier molecular flexibility index (Phi) is 4.09. The molecule has 2 aromatic rings. The minimum Gasteiger partial charge on any atom is -0.251 e. The van der Waals surface area contributed by atoms with Crippen molar-refractivity contribution in [3.63, 3.8) is 0 Å². The van der Waals surface area contributed by atoms with Gasteiger partial charge >= 0.3 is 0 Å². The number of hydrogen-bond donors (Lipinski definition) is 1. The summed E-state index contributed by atoms with van der Waals surface area (Å²) in [5.74, 6) is -2.27. The SMILES string of the molecule is CC(Cn1cncn1)NS(=O)(=O)c1c(F)cccc1F. The highest BCUT2D eigenvalue weighted by molar-refractivity contribution is 7.89. The van der Waals surface area contributed by atoms with Crippen molar-refractivity contribution in [2.24, 2.45) is 0 Å². The molecule has 0 amide bonds. The molecule has 0 spiro atoms. The maximum atomic E-state index is 13.5. The minimum atomic E-state index is -4.29. The highest BCUT2D eigenvalue weighted by Crippen LogP contribution is 2.18. The second-order valence-electron chi connectivity index (χ2n) is 4.19. The lowest BCUT2D eigenvalue weighted by molar-refractivity contribution is 0.480. The molecule has 108 valence electrons. The molecule has 1 aromatic carbocycles. The molecule has 6 nitrogen and oxygen atoms in total. The molecular formula is C11H12F2N4O2S. The van der Waals surface area contributed by atoms with Gasteiger partial charge in [0.25, 0.3) is 0 Å². The lowest BCUT2D eigenvalue weighted by Gasteiger charge is -2.14. The first-order chi connectivity index (χ1) is 9.40. The Hall–Kier alpha value is -1.87. The second kappa shape index (κ2) is 5.63. The molecule has 0 aliphatic heterocycles. The summed E-state index contributed by atoms with van der Waals surface area (Å²) in [6.45, 7) is 1.74. The number of rotatable bonds is 5. The number of sulfonamides is 1. The zero-order valence-corrected chi connectivity index (χ0v) is 11.3. The zero-order chi connectivity index (χ0) is 14.8. The Balaban J connectivity index is 2.19. The number of hydrogen-bond acceptors (Lipinski definition) is 4. The summed E-state index contributed by atoms with van der Waals surface area (Å²) in [5, 5.41) is 3.82. The summed E-state index contributed by atoms with van der Waals surface area (Å²) in [6, 6.07) is 2.27. The van der Waals surface area contributed by atoms with Crippen LogP contribution in [0.2, 0.25) is 0 Å². The van der Waals surface area contributed by atoms with Crippen molar-refractivity contribution in [2.75, 3.05) is 0 Å². The van der Waals surface area contributed by atoms with Gasteiger partial charge in [-0.2, -0.15) is 5.10 Å². The van der Waals surface area contributed by atoms with Gasteiger partial charge in [-0.05, 0) is 19.1 Å². The van der Waals surface area contributed by atoms with E-state index in [9.17, 15) is 17.2 Å². The van der Waals surface area contributed by atoms with Crippen molar-refractivity contribution < 1.29 is 17.2 Å². The Bertz CT molecular complexity index is 668. The fraction of sp³-hybridized carbons (Fsp3) is 0.273. The van der Waals surface area contributed by atoms with Crippen LogP contribution in [0.5, 0.6) is 0 Å². The standard InChI is InChI=1S/C11H12F2N4O2S/c1-8(5-17-7-14-6-15-17)16-20(18,19)11-9(12)3-2-4-10(11)13/h2-4,6-8,16H,5H2,1H3. The molecule has 0 aliphatic carbocycles. The van der Waals surface area contributed by atoms with Gasteiger partial charge in [-0.3, -0.25) is 4.68 Å². The van der Waals surface area contributed by atoms with E-state index in [4.69, 9.17) is 0 Å². The first-order valence-corrected chi connectivity index (χ1v) is 7.17. The third-order valence-electron chi connectivity index (χ3n) is 2.47. The zero-order valence-electron chi connectivity index (χ0n) is 10.5. The normalized spacial score (nSPS) is 13.3. The van der Waals surface area contributed by atoms with Crippen LogP contribution in [0.4, 0.5) is 8.78 Å². The molecule has 1 atom stereocenters. The van der Waals surface area contributed by atoms with E-state index in [2.05, 4.69) is 14.8 Å². The van der Waals surface area contributed by atoms with E-state index >= 15 is 0 Å². The predicted octanol–water partition coefficient (Wildman–Crippen LogP) is 0.923. The number of nitrogens with one attached hydrogen (secondary N) is 1. The van der Waals surface area contributed by atoms with Gasteiger partial charge in [0, 0.05) is 6.04 Å². The molecule has 0 radical (unpaired) electrons. The molecular weight excluding hydrogens is 290 g/mol. The third-order valence-corrected chi connectivity index (χ3v) is 4.11. The quantitative estimate of drug-likeness (QED) is 0.891. The maximum Gasteiger partial charge on any atom is 0.246 e. The second-order valence-corrected chi connectivity index (χ2v) is 5.84. The van der Waals surface area contributed by atoms with Gasteiger partial charge in [-0.25, -0.2) is 26.9 Å². The van der Waals surface area contributed by atoms with Crippen LogP contribution in [0, 0.1) is 11.6 Å². The van der Waals surface area contributed by atoms with Crippen LogP contribution in [0.1, 0.15) is 6.92 Å². The van der Waals surface area contributed by atoms with Gasteiger partial charge in [-0.15, -0.1) is 0 Å². The van der Waals surface area contributed by atoms with Crippen LogP contribution in [0.15, 0.2) is 35.7 Å². The largest absolute Gasteiger partial charge is 0.251 e. The average molecular weight is 302 g/mol. The highest BCUT2D eigenvalue weighted by Gasteiger charge is 2.25. The molecule has 20 heavy (non-hydrogen) atoms. The molecule has 2 rings (SSSR count). The molecule has 1 N–H and O–H groups in total. The number of aromatic nitrogens is 3. The molecule has 0 fully saturated rings. The van der Waals surface area contributed by atoms with Gasteiger partial charge in [0.2, 0.25) is 10.0 Å². The van der Waals surface area contributed by atoms with E-state index in [0.29, 0.717) is 0 Å². The van der Waals surface area contributed by atoms with Crippen molar-refractivity contribution in [3.05, 3.63) is 42.5 Å². The molecule has 0 aliphatic rings. The lowest BCUT2D eigenvalue weighted by atomic mass is 10.3. The van der Waals surface area contributed by atoms with Crippen LogP contribution < -0.4 is 4.72 Å².